The summed E-state index contributed by atoms with van der Waals surface area (Å²) in [7, 11) is 0. The number of carbonyl (C=O) groups excluding carboxylic acids is 1. The molecular formula is C18H25ClN4O3. The Morgan fingerprint density at radius 3 is 2.65 bits per heavy atom. The van der Waals surface area contributed by atoms with Crippen LogP contribution in [0.15, 0.2) is 42.7 Å². The summed E-state index contributed by atoms with van der Waals surface area (Å²) in [6.45, 7) is 2.39. The number of halogens is 1. The first-order chi connectivity index (χ1) is 12.1. The van der Waals surface area contributed by atoms with E-state index in [1.54, 1.807) is 10.9 Å². The highest BCUT2D eigenvalue weighted by Crippen LogP contribution is 2.07. The number of carboxylic acid groups (broad SMARTS) is 1. The summed E-state index contributed by atoms with van der Waals surface area (Å²) in [5.74, 6) is -1.14. The Kier molecular flexibility index (Phi) is 9.40. The zero-order chi connectivity index (χ0) is 18.1. The van der Waals surface area contributed by atoms with Gasteiger partial charge in [0.15, 0.2) is 0 Å². The van der Waals surface area contributed by atoms with Gasteiger partial charge >= 0.3 is 5.97 Å². The third kappa shape index (κ3) is 6.85. The van der Waals surface area contributed by atoms with Crippen LogP contribution in [0.5, 0.6) is 0 Å². The number of amides is 1. The van der Waals surface area contributed by atoms with E-state index in [0.29, 0.717) is 19.4 Å². The molecule has 1 aromatic heterocycles. The average molecular weight is 381 g/mol. The van der Waals surface area contributed by atoms with Gasteiger partial charge in [-0.3, -0.25) is 14.9 Å². The number of rotatable bonds is 10. The minimum Gasteiger partial charge on any atom is -0.480 e. The largest absolute Gasteiger partial charge is 0.480 e. The predicted octanol–water partition coefficient (Wildman–Crippen LogP) is 1.80. The Morgan fingerprint density at radius 1 is 1.27 bits per heavy atom. The number of aliphatic carboxylic acids is 1. The van der Waals surface area contributed by atoms with Gasteiger partial charge in [-0.15, -0.1) is 12.4 Å². The highest BCUT2D eigenvalue weighted by atomic mass is 35.5. The minimum absolute atomic E-state index is 0. The summed E-state index contributed by atoms with van der Waals surface area (Å²) in [4.78, 5) is 22.8. The van der Waals surface area contributed by atoms with Crippen molar-refractivity contribution in [3.05, 3.63) is 48.3 Å². The Labute approximate surface area is 159 Å². The van der Waals surface area contributed by atoms with Crippen molar-refractivity contribution in [2.24, 2.45) is 0 Å². The number of hydrogen-bond acceptors (Lipinski definition) is 4. The Balaban J connectivity index is 0.00000338. The Hall–Kier alpha value is -2.38. The number of nitrogens with one attached hydrogen (secondary N) is 2. The lowest BCUT2D eigenvalue weighted by molar-refractivity contribution is -0.139. The van der Waals surface area contributed by atoms with E-state index in [0.717, 1.165) is 17.7 Å². The van der Waals surface area contributed by atoms with Crippen molar-refractivity contribution in [3.63, 3.8) is 0 Å². The average Bonchev–Trinajstić information content (AvgIpc) is 3.08. The molecular weight excluding hydrogens is 356 g/mol. The SMILES string of the molecule is CCCC(NCC(=O)NCCc1cnn(-c2ccccc2)c1)C(=O)O.Cl. The fraction of sp³-hybridized carbons (Fsp3) is 0.389. The number of hydrogen-bond donors (Lipinski definition) is 3. The summed E-state index contributed by atoms with van der Waals surface area (Å²) in [5, 5.41) is 18.9. The van der Waals surface area contributed by atoms with Crippen molar-refractivity contribution < 1.29 is 14.7 Å². The van der Waals surface area contributed by atoms with E-state index in [9.17, 15) is 9.59 Å². The second kappa shape index (κ2) is 11.3. The summed E-state index contributed by atoms with van der Waals surface area (Å²) in [6, 6.07) is 9.12. The fourth-order valence-electron chi connectivity index (χ4n) is 2.44. The molecule has 0 saturated carbocycles. The zero-order valence-corrected chi connectivity index (χ0v) is 15.5. The van der Waals surface area contributed by atoms with E-state index in [2.05, 4.69) is 15.7 Å². The highest BCUT2D eigenvalue weighted by molar-refractivity contribution is 5.85. The molecule has 1 unspecified atom stereocenters. The summed E-state index contributed by atoms with van der Waals surface area (Å²) in [5.41, 5.74) is 2.00. The lowest BCUT2D eigenvalue weighted by Gasteiger charge is -2.13. The first kappa shape index (κ1) is 21.7. The van der Waals surface area contributed by atoms with Crippen molar-refractivity contribution in [1.82, 2.24) is 20.4 Å². The minimum atomic E-state index is -0.928. The van der Waals surface area contributed by atoms with Gasteiger partial charge in [-0.1, -0.05) is 31.5 Å². The molecule has 1 amide bonds. The van der Waals surface area contributed by atoms with Crippen LogP contribution in [0.4, 0.5) is 0 Å². The molecule has 2 rings (SSSR count). The maximum absolute atomic E-state index is 11.8. The lowest BCUT2D eigenvalue weighted by atomic mass is 10.2. The molecule has 1 aromatic carbocycles. The molecule has 1 atom stereocenters. The van der Waals surface area contributed by atoms with Crippen LogP contribution in [-0.2, 0) is 16.0 Å². The second-order valence-corrected chi connectivity index (χ2v) is 5.79. The summed E-state index contributed by atoms with van der Waals surface area (Å²) < 4.78 is 1.79. The molecule has 0 saturated heterocycles. The number of benzene rings is 1. The molecule has 1 heterocycles. The standard InChI is InChI=1S/C18H24N4O3.ClH/c1-2-6-16(18(24)25)20-12-17(23)19-10-9-14-11-21-22(13-14)15-7-4-3-5-8-15;/h3-5,7-8,11,13,16,20H,2,6,9-10,12H2,1H3,(H,19,23)(H,24,25);1H. The van der Waals surface area contributed by atoms with Crippen molar-refractivity contribution in [2.45, 2.75) is 32.2 Å². The third-order valence-electron chi connectivity index (χ3n) is 3.78. The Bertz CT molecular complexity index is 691. The molecule has 2 aromatic rings. The highest BCUT2D eigenvalue weighted by Gasteiger charge is 2.16. The molecule has 8 heteroatoms. The molecule has 7 nitrogen and oxygen atoms in total. The molecule has 0 fully saturated rings. The third-order valence-corrected chi connectivity index (χ3v) is 3.78. The molecule has 0 aliphatic rings. The van der Waals surface area contributed by atoms with E-state index in [4.69, 9.17) is 5.11 Å². The van der Waals surface area contributed by atoms with Crippen molar-refractivity contribution in [1.29, 1.82) is 0 Å². The normalized spacial score (nSPS) is 11.4. The predicted molar refractivity (Wildman–Crippen MR) is 102 cm³/mol. The van der Waals surface area contributed by atoms with Crippen LogP contribution in [0.25, 0.3) is 5.69 Å². The zero-order valence-electron chi connectivity index (χ0n) is 14.7. The number of carbonyl (C=O) groups is 2. The van der Waals surface area contributed by atoms with E-state index in [1.165, 1.54) is 0 Å². The molecule has 3 N–H and O–H groups in total. The van der Waals surface area contributed by atoms with Crippen LogP contribution in [0.2, 0.25) is 0 Å². The van der Waals surface area contributed by atoms with Gasteiger partial charge in [0.1, 0.15) is 6.04 Å². The quantitative estimate of drug-likeness (QED) is 0.584. The van der Waals surface area contributed by atoms with Crippen molar-refractivity contribution in [3.8, 4) is 5.69 Å². The molecule has 142 valence electrons. The van der Waals surface area contributed by atoms with E-state index >= 15 is 0 Å². The van der Waals surface area contributed by atoms with Crippen molar-refractivity contribution in [2.75, 3.05) is 13.1 Å². The maximum atomic E-state index is 11.8. The summed E-state index contributed by atoms with van der Waals surface area (Å²) in [6.07, 6.45) is 5.62. The van der Waals surface area contributed by atoms with Crippen LogP contribution in [0.3, 0.4) is 0 Å². The van der Waals surface area contributed by atoms with Crippen LogP contribution < -0.4 is 10.6 Å². The van der Waals surface area contributed by atoms with Gasteiger partial charge in [-0.25, -0.2) is 4.68 Å². The van der Waals surface area contributed by atoms with Gasteiger partial charge < -0.3 is 10.4 Å². The summed E-state index contributed by atoms with van der Waals surface area (Å²) >= 11 is 0. The van der Waals surface area contributed by atoms with E-state index in [-0.39, 0.29) is 24.9 Å². The number of nitrogens with zero attached hydrogens (tertiary/aromatic N) is 2. The topological polar surface area (TPSA) is 96.3 Å². The molecule has 0 radical (unpaired) electrons. The molecule has 26 heavy (non-hydrogen) atoms. The van der Waals surface area contributed by atoms with Crippen LogP contribution >= 0.6 is 12.4 Å². The van der Waals surface area contributed by atoms with Crippen LogP contribution in [-0.4, -0.2) is 45.9 Å². The molecule has 0 aliphatic carbocycles. The van der Waals surface area contributed by atoms with Crippen LogP contribution in [0, 0.1) is 0 Å². The number of aromatic nitrogens is 2. The van der Waals surface area contributed by atoms with Crippen LogP contribution in [0.1, 0.15) is 25.3 Å². The molecule has 0 spiro atoms. The van der Waals surface area contributed by atoms with Gasteiger partial charge in [0, 0.05) is 12.7 Å². The molecule has 0 bridgehead atoms. The van der Waals surface area contributed by atoms with E-state index in [1.807, 2.05) is 43.5 Å². The molecule has 0 aliphatic heterocycles. The van der Waals surface area contributed by atoms with Crippen molar-refractivity contribution >= 4 is 24.3 Å². The fourth-order valence-corrected chi connectivity index (χ4v) is 2.44. The van der Waals surface area contributed by atoms with Gasteiger partial charge in [0.25, 0.3) is 0 Å². The van der Waals surface area contributed by atoms with Gasteiger partial charge in [-0.05, 0) is 30.5 Å². The van der Waals surface area contributed by atoms with Gasteiger partial charge in [0.2, 0.25) is 5.91 Å². The lowest BCUT2D eigenvalue weighted by Crippen LogP contribution is -2.43. The van der Waals surface area contributed by atoms with E-state index < -0.39 is 12.0 Å². The van der Waals surface area contributed by atoms with Gasteiger partial charge in [0.05, 0.1) is 18.4 Å². The first-order valence-corrected chi connectivity index (χ1v) is 8.42. The number of carboxylic acids is 1. The maximum Gasteiger partial charge on any atom is 0.320 e. The smallest absolute Gasteiger partial charge is 0.320 e. The Morgan fingerprint density at radius 2 is 2.00 bits per heavy atom. The monoisotopic (exact) mass is 380 g/mol. The second-order valence-electron chi connectivity index (χ2n) is 5.79. The van der Waals surface area contributed by atoms with Gasteiger partial charge in [-0.2, -0.15) is 5.10 Å². The first-order valence-electron chi connectivity index (χ1n) is 8.42. The number of para-hydroxylation sites is 1.